The third-order valence-corrected chi connectivity index (χ3v) is 3.20. The van der Waals surface area contributed by atoms with Crippen LogP contribution in [0.25, 0.3) is 0 Å². The van der Waals surface area contributed by atoms with Gasteiger partial charge in [0, 0.05) is 37.6 Å². The molecule has 5 nitrogen and oxygen atoms in total. The first-order valence-electron chi connectivity index (χ1n) is 7.23. The van der Waals surface area contributed by atoms with Crippen LogP contribution >= 0.6 is 0 Å². The van der Waals surface area contributed by atoms with Crippen LogP contribution in [-0.2, 0) is 0 Å². The van der Waals surface area contributed by atoms with Gasteiger partial charge in [-0.15, -0.1) is 0 Å². The number of carbonyl (C=O) groups excluding carboxylic acids is 1. The fourth-order valence-corrected chi connectivity index (χ4v) is 1.63. The Balaban J connectivity index is 2.46. The topological polar surface area (TPSA) is 57.3 Å². The van der Waals surface area contributed by atoms with Crippen molar-refractivity contribution >= 4 is 11.6 Å². The molecule has 2 N–H and O–H groups in total. The molecule has 1 rings (SSSR count). The minimum absolute atomic E-state index is 0.123. The van der Waals surface area contributed by atoms with Gasteiger partial charge in [0.25, 0.3) is 5.91 Å². The van der Waals surface area contributed by atoms with E-state index in [1.807, 2.05) is 13.1 Å². The maximum Gasteiger partial charge on any atom is 0.269 e. The molecule has 0 saturated carbocycles. The zero-order valence-electron chi connectivity index (χ0n) is 12.9. The molecule has 0 atom stereocenters. The number of likely N-dealkylation sites (N-methyl/N-ethyl adjacent to an activating group) is 1. The van der Waals surface area contributed by atoms with Gasteiger partial charge < -0.3 is 15.5 Å². The Bertz CT molecular complexity index is 420. The van der Waals surface area contributed by atoms with E-state index in [-0.39, 0.29) is 5.91 Å². The van der Waals surface area contributed by atoms with E-state index in [2.05, 4.69) is 41.3 Å². The van der Waals surface area contributed by atoms with Crippen LogP contribution in [0.3, 0.4) is 0 Å². The van der Waals surface area contributed by atoms with E-state index >= 15 is 0 Å². The highest BCUT2D eigenvalue weighted by atomic mass is 16.1. The second kappa shape index (κ2) is 8.53. The summed E-state index contributed by atoms with van der Waals surface area (Å²) in [6.45, 7) is 8.72. The monoisotopic (exact) mass is 278 g/mol. The number of carbonyl (C=O) groups is 1. The lowest BCUT2D eigenvalue weighted by Crippen LogP contribution is -2.36. The normalized spacial score (nSPS) is 10.9. The standard InChI is InChI=1S/C15H26N4O/c1-5-7-16-13-6-8-17-14(11-13)15(20)18-9-10-19(4)12(2)3/h6,8,11-12H,5,7,9-10H2,1-4H3,(H,16,17)(H,18,20). The Kier molecular flexibility index (Phi) is 7.01. The van der Waals surface area contributed by atoms with E-state index in [1.54, 1.807) is 12.3 Å². The minimum atomic E-state index is -0.123. The van der Waals surface area contributed by atoms with Gasteiger partial charge in [-0.05, 0) is 39.4 Å². The van der Waals surface area contributed by atoms with Gasteiger partial charge in [0.1, 0.15) is 5.69 Å². The number of rotatable bonds is 8. The Labute approximate surface area is 121 Å². The fraction of sp³-hybridized carbons (Fsp3) is 0.600. The largest absolute Gasteiger partial charge is 0.385 e. The lowest BCUT2D eigenvalue weighted by atomic mass is 10.3. The van der Waals surface area contributed by atoms with Gasteiger partial charge >= 0.3 is 0 Å². The molecule has 0 aliphatic carbocycles. The highest BCUT2D eigenvalue weighted by Crippen LogP contribution is 2.07. The van der Waals surface area contributed by atoms with E-state index in [9.17, 15) is 4.79 Å². The van der Waals surface area contributed by atoms with Gasteiger partial charge in [-0.3, -0.25) is 9.78 Å². The molecule has 1 aromatic rings. The second-order valence-corrected chi connectivity index (χ2v) is 5.19. The molecule has 112 valence electrons. The molecule has 0 aliphatic heterocycles. The number of pyridine rings is 1. The van der Waals surface area contributed by atoms with Crippen LogP contribution in [0.4, 0.5) is 5.69 Å². The molecule has 1 heterocycles. The molecule has 1 aromatic heterocycles. The van der Waals surface area contributed by atoms with Crippen molar-refractivity contribution in [3.05, 3.63) is 24.0 Å². The number of hydrogen-bond acceptors (Lipinski definition) is 4. The third kappa shape index (κ3) is 5.57. The summed E-state index contributed by atoms with van der Waals surface area (Å²) in [6.07, 6.45) is 2.71. The molecule has 20 heavy (non-hydrogen) atoms. The van der Waals surface area contributed by atoms with E-state index in [0.29, 0.717) is 18.3 Å². The second-order valence-electron chi connectivity index (χ2n) is 5.19. The smallest absolute Gasteiger partial charge is 0.269 e. The lowest BCUT2D eigenvalue weighted by Gasteiger charge is -2.20. The average molecular weight is 278 g/mol. The van der Waals surface area contributed by atoms with Crippen LogP contribution in [-0.4, -0.2) is 48.5 Å². The Hall–Kier alpha value is -1.62. The van der Waals surface area contributed by atoms with Crippen molar-refractivity contribution in [3.8, 4) is 0 Å². The molecule has 0 radical (unpaired) electrons. The van der Waals surface area contributed by atoms with E-state index in [1.165, 1.54) is 0 Å². The molecule has 0 unspecified atom stereocenters. The first kappa shape index (κ1) is 16.4. The summed E-state index contributed by atoms with van der Waals surface area (Å²) in [5, 5.41) is 6.15. The molecule has 1 amide bonds. The van der Waals surface area contributed by atoms with Crippen molar-refractivity contribution in [2.45, 2.75) is 33.2 Å². The zero-order valence-corrected chi connectivity index (χ0v) is 12.9. The molecule has 0 spiro atoms. The lowest BCUT2D eigenvalue weighted by molar-refractivity contribution is 0.0943. The molecule has 0 bridgehead atoms. The number of anilines is 1. The maximum absolute atomic E-state index is 12.0. The first-order valence-corrected chi connectivity index (χ1v) is 7.23. The predicted octanol–water partition coefficient (Wildman–Crippen LogP) is 1.97. The zero-order chi connectivity index (χ0) is 15.0. The van der Waals surface area contributed by atoms with Crippen LogP contribution in [0, 0.1) is 0 Å². The Morgan fingerprint density at radius 1 is 1.40 bits per heavy atom. The van der Waals surface area contributed by atoms with E-state index in [4.69, 9.17) is 0 Å². The van der Waals surface area contributed by atoms with Crippen LogP contribution < -0.4 is 10.6 Å². The summed E-state index contributed by atoms with van der Waals surface area (Å²) < 4.78 is 0. The highest BCUT2D eigenvalue weighted by Gasteiger charge is 2.08. The molecular formula is C15H26N4O. The van der Waals surface area contributed by atoms with E-state index < -0.39 is 0 Å². The van der Waals surface area contributed by atoms with Gasteiger partial charge in [0.2, 0.25) is 0 Å². The molecular weight excluding hydrogens is 252 g/mol. The fourth-order valence-electron chi connectivity index (χ4n) is 1.63. The van der Waals surface area contributed by atoms with Crippen molar-refractivity contribution in [3.63, 3.8) is 0 Å². The maximum atomic E-state index is 12.0. The van der Waals surface area contributed by atoms with Crippen LogP contribution in [0.2, 0.25) is 0 Å². The van der Waals surface area contributed by atoms with Gasteiger partial charge in [0.15, 0.2) is 0 Å². The summed E-state index contributed by atoms with van der Waals surface area (Å²) in [6, 6.07) is 4.14. The summed E-state index contributed by atoms with van der Waals surface area (Å²) in [5.41, 5.74) is 1.39. The van der Waals surface area contributed by atoms with Crippen LogP contribution in [0.1, 0.15) is 37.7 Å². The van der Waals surface area contributed by atoms with Crippen molar-refractivity contribution in [1.29, 1.82) is 0 Å². The molecule has 0 aromatic carbocycles. The number of nitrogens with zero attached hydrogens (tertiary/aromatic N) is 2. The molecule has 0 saturated heterocycles. The van der Waals surface area contributed by atoms with Crippen LogP contribution in [0.15, 0.2) is 18.3 Å². The first-order chi connectivity index (χ1) is 9.54. The number of hydrogen-bond donors (Lipinski definition) is 2. The van der Waals surface area contributed by atoms with Crippen molar-refractivity contribution in [1.82, 2.24) is 15.2 Å². The molecule has 0 aliphatic rings. The SMILES string of the molecule is CCCNc1ccnc(C(=O)NCCN(C)C(C)C)c1. The molecule has 0 fully saturated rings. The van der Waals surface area contributed by atoms with Gasteiger partial charge in [-0.2, -0.15) is 0 Å². The third-order valence-electron chi connectivity index (χ3n) is 3.20. The van der Waals surface area contributed by atoms with Crippen molar-refractivity contribution in [2.24, 2.45) is 0 Å². The summed E-state index contributed by atoms with van der Waals surface area (Å²) in [7, 11) is 2.05. The average Bonchev–Trinajstić information content (AvgIpc) is 2.45. The van der Waals surface area contributed by atoms with Gasteiger partial charge in [-0.25, -0.2) is 0 Å². The number of nitrogens with one attached hydrogen (secondary N) is 2. The van der Waals surface area contributed by atoms with E-state index in [0.717, 1.165) is 25.2 Å². The molecule has 5 heteroatoms. The minimum Gasteiger partial charge on any atom is -0.385 e. The predicted molar refractivity (Wildman–Crippen MR) is 83.1 cm³/mol. The van der Waals surface area contributed by atoms with Crippen molar-refractivity contribution in [2.75, 3.05) is 32.0 Å². The summed E-state index contributed by atoms with van der Waals surface area (Å²) >= 11 is 0. The van der Waals surface area contributed by atoms with Crippen LogP contribution in [0.5, 0.6) is 0 Å². The van der Waals surface area contributed by atoms with Gasteiger partial charge in [-0.1, -0.05) is 6.92 Å². The summed E-state index contributed by atoms with van der Waals surface area (Å²) in [4.78, 5) is 18.3. The number of amides is 1. The van der Waals surface area contributed by atoms with Gasteiger partial charge in [0.05, 0.1) is 0 Å². The quantitative estimate of drug-likeness (QED) is 0.763. The number of aromatic nitrogens is 1. The van der Waals surface area contributed by atoms with Crippen molar-refractivity contribution < 1.29 is 4.79 Å². The Morgan fingerprint density at radius 2 is 2.15 bits per heavy atom. The Morgan fingerprint density at radius 3 is 2.80 bits per heavy atom. The highest BCUT2D eigenvalue weighted by molar-refractivity contribution is 5.93. The summed E-state index contributed by atoms with van der Waals surface area (Å²) in [5.74, 6) is -0.123.